The van der Waals surface area contributed by atoms with Crippen LogP contribution in [0.5, 0.6) is 5.75 Å². The maximum Gasteiger partial charge on any atom is 0.260 e. The van der Waals surface area contributed by atoms with Crippen LogP contribution in [0.15, 0.2) is 42.5 Å². The number of hydrogen-bond acceptors (Lipinski definition) is 4. The highest BCUT2D eigenvalue weighted by atomic mass is 35.5. The van der Waals surface area contributed by atoms with E-state index in [1.807, 2.05) is 0 Å². The number of ketones is 1. The average Bonchev–Trinajstić information content (AvgIpc) is 2.72. The highest BCUT2D eigenvalue weighted by Crippen LogP contribution is 2.20. The van der Waals surface area contributed by atoms with Gasteiger partial charge in [-0.15, -0.1) is 0 Å². The molecular weight excluding hydrogens is 399 g/mol. The van der Waals surface area contributed by atoms with Crippen LogP contribution >= 0.6 is 11.6 Å². The predicted octanol–water partition coefficient (Wildman–Crippen LogP) is 3.05. The van der Waals surface area contributed by atoms with Gasteiger partial charge in [0, 0.05) is 31.7 Å². The molecule has 0 unspecified atom stereocenters. The van der Waals surface area contributed by atoms with E-state index in [0.717, 1.165) is 6.07 Å². The Hall–Kier alpha value is -2.93. The number of carbonyl (C=O) groups is 3. The first kappa shape index (κ1) is 20.8. The molecule has 0 spiro atoms. The standard InChI is InChI=1S/C21H20ClFN2O4/c1-14(26)15-3-2-4-17(11-15)29-13-20(27)24-7-9-25(10-8-24)21(28)18-6-5-16(23)12-19(18)22/h2-6,11-12H,7-10,13H2,1H3. The van der Waals surface area contributed by atoms with E-state index >= 15 is 0 Å². The zero-order chi connectivity index (χ0) is 21.0. The highest BCUT2D eigenvalue weighted by Gasteiger charge is 2.26. The zero-order valence-corrected chi connectivity index (χ0v) is 16.6. The van der Waals surface area contributed by atoms with Crippen LogP contribution in [0.1, 0.15) is 27.6 Å². The van der Waals surface area contributed by atoms with Crippen LogP contribution in [0, 0.1) is 5.82 Å². The Morgan fingerprint density at radius 1 is 1.03 bits per heavy atom. The van der Waals surface area contributed by atoms with E-state index in [0.29, 0.717) is 37.5 Å². The van der Waals surface area contributed by atoms with Crippen molar-refractivity contribution in [1.29, 1.82) is 0 Å². The Morgan fingerprint density at radius 3 is 2.38 bits per heavy atom. The summed E-state index contributed by atoms with van der Waals surface area (Å²) >= 11 is 5.96. The van der Waals surface area contributed by atoms with Crippen molar-refractivity contribution in [3.63, 3.8) is 0 Å². The van der Waals surface area contributed by atoms with Crippen LogP contribution in [0.2, 0.25) is 5.02 Å². The van der Waals surface area contributed by atoms with E-state index in [4.69, 9.17) is 16.3 Å². The van der Waals surface area contributed by atoms with E-state index in [9.17, 15) is 18.8 Å². The molecule has 0 aromatic heterocycles. The second-order valence-corrected chi connectivity index (χ2v) is 7.08. The number of carbonyl (C=O) groups excluding carboxylic acids is 3. The van der Waals surface area contributed by atoms with Crippen molar-refractivity contribution in [3.8, 4) is 5.75 Å². The molecule has 6 nitrogen and oxygen atoms in total. The van der Waals surface area contributed by atoms with Crippen molar-refractivity contribution in [2.75, 3.05) is 32.8 Å². The van der Waals surface area contributed by atoms with Gasteiger partial charge in [0.05, 0.1) is 10.6 Å². The fourth-order valence-electron chi connectivity index (χ4n) is 3.03. The second-order valence-electron chi connectivity index (χ2n) is 6.67. The molecule has 2 aromatic rings. The van der Waals surface area contributed by atoms with Crippen molar-refractivity contribution in [3.05, 3.63) is 64.4 Å². The van der Waals surface area contributed by atoms with Gasteiger partial charge >= 0.3 is 0 Å². The third kappa shape index (κ3) is 5.12. The lowest BCUT2D eigenvalue weighted by Gasteiger charge is -2.34. The van der Waals surface area contributed by atoms with Gasteiger partial charge in [-0.1, -0.05) is 23.7 Å². The molecule has 29 heavy (non-hydrogen) atoms. The van der Waals surface area contributed by atoms with Gasteiger partial charge in [0.2, 0.25) is 0 Å². The van der Waals surface area contributed by atoms with Gasteiger partial charge in [-0.05, 0) is 37.3 Å². The first-order chi connectivity index (χ1) is 13.8. The van der Waals surface area contributed by atoms with E-state index < -0.39 is 5.82 Å². The summed E-state index contributed by atoms with van der Waals surface area (Å²) in [5.41, 5.74) is 0.753. The molecule has 3 rings (SSSR count). The molecule has 152 valence electrons. The van der Waals surface area contributed by atoms with Crippen LogP contribution in [0.4, 0.5) is 4.39 Å². The van der Waals surface area contributed by atoms with Crippen LogP contribution in [0.25, 0.3) is 0 Å². The van der Waals surface area contributed by atoms with Gasteiger partial charge in [0.15, 0.2) is 12.4 Å². The van der Waals surface area contributed by atoms with Gasteiger partial charge < -0.3 is 14.5 Å². The number of benzene rings is 2. The molecule has 0 radical (unpaired) electrons. The number of nitrogens with zero attached hydrogens (tertiary/aromatic N) is 2. The summed E-state index contributed by atoms with van der Waals surface area (Å²) in [6, 6.07) is 10.3. The summed E-state index contributed by atoms with van der Waals surface area (Å²) < 4.78 is 18.7. The van der Waals surface area contributed by atoms with Crippen LogP contribution < -0.4 is 4.74 Å². The molecule has 1 saturated heterocycles. The van der Waals surface area contributed by atoms with Crippen LogP contribution in [-0.2, 0) is 4.79 Å². The molecule has 1 aliphatic rings. The molecule has 2 aromatic carbocycles. The number of ether oxygens (including phenoxy) is 1. The molecule has 1 heterocycles. The molecule has 0 atom stereocenters. The Balaban J connectivity index is 1.52. The molecule has 1 fully saturated rings. The number of amides is 2. The largest absolute Gasteiger partial charge is 0.484 e. The minimum absolute atomic E-state index is 0.0645. The van der Waals surface area contributed by atoms with E-state index in [1.54, 1.807) is 34.1 Å². The summed E-state index contributed by atoms with van der Waals surface area (Å²) in [5.74, 6) is -0.630. The maximum absolute atomic E-state index is 13.2. The van der Waals surface area contributed by atoms with Crippen molar-refractivity contribution >= 4 is 29.2 Å². The number of Topliss-reactive ketones (excluding diaryl/α,β-unsaturated/α-hetero) is 1. The minimum Gasteiger partial charge on any atom is -0.484 e. The molecule has 0 saturated carbocycles. The lowest BCUT2D eigenvalue weighted by molar-refractivity contribution is -0.134. The van der Waals surface area contributed by atoms with Crippen LogP contribution in [0.3, 0.4) is 0 Å². The van der Waals surface area contributed by atoms with Crippen molar-refractivity contribution < 1.29 is 23.5 Å². The topological polar surface area (TPSA) is 66.9 Å². The Bertz CT molecular complexity index is 942. The maximum atomic E-state index is 13.2. The SMILES string of the molecule is CC(=O)c1cccc(OCC(=O)N2CCN(C(=O)c3ccc(F)cc3Cl)CC2)c1. The third-order valence-electron chi connectivity index (χ3n) is 4.68. The Labute approximate surface area is 172 Å². The first-order valence-corrected chi connectivity index (χ1v) is 9.49. The third-order valence-corrected chi connectivity index (χ3v) is 5.00. The van der Waals surface area contributed by atoms with Gasteiger partial charge in [-0.25, -0.2) is 4.39 Å². The smallest absolute Gasteiger partial charge is 0.260 e. The summed E-state index contributed by atoms with van der Waals surface area (Å²) in [6.07, 6.45) is 0. The molecule has 0 bridgehead atoms. The van der Waals surface area contributed by atoms with E-state index in [2.05, 4.69) is 0 Å². The molecule has 8 heteroatoms. The lowest BCUT2D eigenvalue weighted by atomic mass is 10.1. The molecule has 0 N–H and O–H groups in total. The van der Waals surface area contributed by atoms with Crippen LogP contribution in [-0.4, -0.2) is 60.2 Å². The van der Waals surface area contributed by atoms with Crippen molar-refractivity contribution in [1.82, 2.24) is 9.80 Å². The number of halogens is 2. The van der Waals surface area contributed by atoms with Crippen molar-refractivity contribution in [2.24, 2.45) is 0 Å². The summed E-state index contributed by atoms with van der Waals surface area (Å²) in [7, 11) is 0. The van der Waals surface area contributed by atoms with E-state index in [-0.39, 0.29) is 34.8 Å². The van der Waals surface area contributed by atoms with Crippen molar-refractivity contribution in [2.45, 2.75) is 6.92 Å². The molecular formula is C21H20ClFN2O4. The second kappa shape index (κ2) is 9.05. The zero-order valence-electron chi connectivity index (χ0n) is 15.9. The highest BCUT2D eigenvalue weighted by molar-refractivity contribution is 6.33. The minimum atomic E-state index is -0.504. The fourth-order valence-corrected chi connectivity index (χ4v) is 3.28. The van der Waals surface area contributed by atoms with Gasteiger partial charge in [-0.3, -0.25) is 14.4 Å². The predicted molar refractivity (Wildman–Crippen MR) is 106 cm³/mol. The monoisotopic (exact) mass is 418 g/mol. The lowest BCUT2D eigenvalue weighted by Crippen LogP contribution is -2.51. The quantitative estimate of drug-likeness (QED) is 0.700. The summed E-state index contributed by atoms with van der Waals surface area (Å²) in [6.45, 7) is 2.72. The summed E-state index contributed by atoms with van der Waals surface area (Å²) in [4.78, 5) is 39.6. The number of rotatable bonds is 5. The Kier molecular flexibility index (Phi) is 6.49. The van der Waals surface area contributed by atoms with Gasteiger partial charge in [0.1, 0.15) is 11.6 Å². The summed E-state index contributed by atoms with van der Waals surface area (Å²) in [5, 5.41) is 0.0645. The first-order valence-electron chi connectivity index (χ1n) is 9.11. The normalized spacial score (nSPS) is 13.9. The number of piperazine rings is 1. The fraction of sp³-hybridized carbons (Fsp3) is 0.286. The number of hydrogen-bond donors (Lipinski definition) is 0. The Morgan fingerprint density at radius 2 is 1.72 bits per heavy atom. The van der Waals surface area contributed by atoms with Gasteiger partial charge in [0.25, 0.3) is 11.8 Å². The molecule has 1 aliphatic heterocycles. The molecule has 2 amide bonds. The van der Waals surface area contributed by atoms with Gasteiger partial charge in [-0.2, -0.15) is 0 Å². The van der Waals surface area contributed by atoms with E-state index in [1.165, 1.54) is 19.1 Å². The molecule has 0 aliphatic carbocycles. The average molecular weight is 419 g/mol.